The van der Waals surface area contributed by atoms with Gasteiger partial charge in [-0.15, -0.1) is 0 Å². The third-order valence-corrected chi connectivity index (χ3v) is 7.99. The molecule has 5 nitrogen and oxygen atoms in total. The van der Waals surface area contributed by atoms with Gasteiger partial charge in [0.2, 0.25) is 0 Å². The normalized spacial score (nSPS) is 36.1. The number of hydrazone groups is 1. The first-order valence-corrected chi connectivity index (χ1v) is 12.1. The Balaban J connectivity index is 1.70. The molecular weight excluding hydrogens is 384 g/mol. The molecule has 0 aromatic heterocycles. The molecule has 0 amide bonds. The lowest BCUT2D eigenvalue weighted by Gasteiger charge is -2.54. The minimum absolute atomic E-state index is 0.120. The van der Waals surface area contributed by atoms with Gasteiger partial charge in [-0.2, -0.15) is 18.4 Å². The second-order valence-electron chi connectivity index (χ2n) is 10.2. The molecule has 1 fully saturated rings. The van der Waals surface area contributed by atoms with Crippen molar-refractivity contribution in [3.63, 3.8) is 0 Å². The van der Waals surface area contributed by atoms with Crippen LogP contribution in [0.5, 0.6) is 0 Å². The van der Waals surface area contributed by atoms with Crippen LogP contribution in [0.2, 0.25) is 0 Å². The van der Waals surface area contributed by atoms with Gasteiger partial charge in [-0.1, -0.05) is 44.0 Å². The van der Waals surface area contributed by atoms with Gasteiger partial charge in [-0.3, -0.25) is 0 Å². The van der Waals surface area contributed by atoms with Crippen LogP contribution >= 0.6 is 0 Å². The highest BCUT2D eigenvalue weighted by molar-refractivity contribution is 7.89. The summed E-state index contributed by atoms with van der Waals surface area (Å²) in [4.78, 5) is 2.65. The summed E-state index contributed by atoms with van der Waals surface area (Å²) in [6.07, 6.45) is 5.21. The van der Waals surface area contributed by atoms with Crippen LogP contribution in [-0.2, 0) is 10.0 Å². The topological polar surface area (TPSA) is 78.8 Å². The van der Waals surface area contributed by atoms with Crippen molar-refractivity contribution in [3.8, 4) is 0 Å². The molecule has 6 heteroatoms. The zero-order chi connectivity index (χ0) is 21.0. The SMILES string of the molecule is Cc1ccc(S(=O)(=O)N/N=C2/C[C@H](C)CC3=C2[C@@]2(O)C[C@H](C)C[C@@](C)(C3)C2)cc1. The van der Waals surface area contributed by atoms with E-state index in [2.05, 4.69) is 30.7 Å². The van der Waals surface area contributed by atoms with E-state index in [-0.39, 0.29) is 10.3 Å². The highest BCUT2D eigenvalue weighted by Crippen LogP contribution is 2.57. The zero-order valence-electron chi connectivity index (χ0n) is 17.8. The van der Waals surface area contributed by atoms with Gasteiger partial charge in [-0.05, 0) is 74.8 Å². The van der Waals surface area contributed by atoms with Gasteiger partial charge in [0.15, 0.2) is 0 Å². The number of benzene rings is 1. The van der Waals surface area contributed by atoms with E-state index >= 15 is 0 Å². The maximum Gasteiger partial charge on any atom is 0.276 e. The van der Waals surface area contributed by atoms with Crippen molar-refractivity contribution < 1.29 is 13.5 Å². The third kappa shape index (κ3) is 3.89. The van der Waals surface area contributed by atoms with E-state index in [0.717, 1.165) is 43.2 Å². The van der Waals surface area contributed by atoms with Gasteiger partial charge < -0.3 is 5.11 Å². The van der Waals surface area contributed by atoms with E-state index < -0.39 is 15.6 Å². The van der Waals surface area contributed by atoms with E-state index in [0.29, 0.717) is 24.0 Å². The first-order chi connectivity index (χ1) is 13.5. The van der Waals surface area contributed by atoms with Crippen molar-refractivity contribution in [1.82, 2.24) is 4.83 Å². The van der Waals surface area contributed by atoms with Crippen molar-refractivity contribution in [1.29, 1.82) is 0 Å². The Labute approximate surface area is 174 Å². The minimum atomic E-state index is -3.74. The monoisotopic (exact) mass is 416 g/mol. The van der Waals surface area contributed by atoms with E-state index in [9.17, 15) is 13.5 Å². The van der Waals surface area contributed by atoms with Crippen LogP contribution in [0.25, 0.3) is 0 Å². The number of nitrogens with one attached hydrogen (secondary N) is 1. The molecule has 1 aromatic rings. The molecule has 0 saturated heterocycles. The first kappa shape index (κ1) is 20.6. The fraction of sp³-hybridized carbons (Fsp3) is 0.609. The van der Waals surface area contributed by atoms with Crippen LogP contribution in [0, 0.1) is 24.2 Å². The molecule has 0 unspecified atom stereocenters. The minimum Gasteiger partial charge on any atom is -0.385 e. The molecule has 29 heavy (non-hydrogen) atoms. The van der Waals surface area contributed by atoms with Crippen LogP contribution in [0.1, 0.15) is 64.9 Å². The first-order valence-electron chi connectivity index (χ1n) is 10.6. The second kappa shape index (κ2) is 6.95. The van der Waals surface area contributed by atoms with Crippen molar-refractivity contribution in [2.45, 2.75) is 76.7 Å². The van der Waals surface area contributed by atoms with E-state index in [1.54, 1.807) is 24.3 Å². The fourth-order valence-electron chi connectivity index (χ4n) is 6.16. The van der Waals surface area contributed by atoms with Crippen LogP contribution in [0.4, 0.5) is 0 Å². The Hall–Kier alpha value is -1.66. The fourth-order valence-corrected chi connectivity index (χ4v) is 6.99. The summed E-state index contributed by atoms with van der Waals surface area (Å²) in [5.74, 6) is 0.831. The summed E-state index contributed by atoms with van der Waals surface area (Å²) in [5, 5.41) is 16.0. The Kier molecular flexibility index (Phi) is 4.94. The van der Waals surface area contributed by atoms with Crippen LogP contribution in [-0.4, -0.2) is 24.8 Å². The van der Waals surface area contributed by atoms with Crippen molar-refractivity contribution >= 4 is 15.7 Å². The maximum atomic E-state index is 12.7. The van der Waals surface area contributed by atoms with Crippen LogP contribution in [0.15, 0.2) is 45.4 Å². The van der Waals surface area contributed by atoms with Crippen molar-refractivity contribution in [3.05, 3.63) is 41.0 Å². The Morgan fingerprint density at radius 1 is 1.10 bits per heavy atom. The van der Waals surface area contributed by atoms with Crippen molar-refractivity contribution in [2.24, 2.45) is 22.4 Å². The number of nitrogens with zero attached hydrogens (tertiary/aromatic N) is 1. The van der Waals surface area contributed by atoms with Crippen LogP contribution in [0.3, 0.4) is 0 Å². The van der Waals surface area contributed by atoms with Gasteiger partial charge >= 0.3 is 0 Å². The number of allylic oxidation sites excluding steroid dienone is 1. The number of aryl methyl sites for hydroxylation is 1. The Bertz CT molecular complexity index is 980. The largest absolute Gasteiger partial charge is 0.385 e. The average Bonchev–Trinajstić information content (AvgIpc) is 2.57. The molecule has 0 heterocycles. The quantitative estimate of drug-likeness (QED) is 0.721. The Morgan fingerprint density at radius 2 is 1.79 bits per heavy atom. The molecular formula is C23H32N2O3S. The van der Waals surface area contributed by atoms with Crippen LogP contribution < -0.4 is 4.83 Å². The maximum absolute atomic E-state index is 12.7. The van der Waals surface area contributed by atoms with E-state index in [1.807, 2.05) is 6.92 Å². The lowest BCUT2D eigenvalue weighted by atomic mass is 9.54. The summed E-state index contributed by atoms with van der Waals surface area (Å²) in [6, 6.07) is 6.74. The molecule has 2 N–H and O–H groups in total. The lowest BCUT2D eigenvalue weighted by molar-refractivity contribution is -0.0449. The number of aliphatic hydroxyl groups is 1. The standard InChI is InChI=1S/C23H32N2O3S/c1-15-5-7-19(8-6-15)29(27,28)25-24-20-10-16(2)9-18-13-22(4)11-17(3)12-23(26,14-22)21(18)20/h5-8,16-17,25-26H,9-14H2,1-4H3/b24-20-/t16-,17-,22+,23-/m1/s1. The molecule has 158 valence electrons. The summed E-state index contributed by atoms with van der Waals surface area (Å²) in [6.45, 7) is 8.58. The highest BCUT2D eigenvalue weighted by atomic mass is 32.2. The summed E-state index contributed by atoms with van der Waals surface area (Å²) in [5.41, 5.74) is 3.15. The molecule has 0 radical (unpaired) electrons. The van der Waals surface area contributed by atoms with Gasteiger partial charge in [0.1, 0.15) is 0 Å². The number of fused-ring (bicyclic) bond motifs is 3. The van der Waals surface area contributed by atoms with Gasteiger partial charge in [0.25, 0.3) is 10.0 Å². The van der Waals surface area contributed by atoms with E-state index in [4.69, 9.17) is 0 Å². The molecule has 3 aliphatic carbocycles. The van der Waals surface area contributed by atoms with E-state index in [1.165, 1.54) is 5.57 Å². The van der Waals surface area contributed by atoms with Gasteiger partial charge in [0, 0.05) is 5.57 Å². The summed E-state index contributed by atoms with van der Waals surface area (Å²) >= 11 is 0. The number of hydrogen-bond acceptors (Lipinski definition) is 4. The lowest BCUT2D eigenvalue weighted by Crippen LogP contribution is -2.51. The predicted octanol–water partition coefficient (Wildman–Crippen LogP) is 4.32. The van der Waals surface area contributed by atoms with Gasteiger partial charge in [0.05, 0.1) is 16.2 Å². The number of hydrogen-bond donors (Lipinski definition) is 2. The smallest absolute Gasteiger partial charge is 0.276 e. The molecule has 4 rings (SSSR count). The molecule has 0 spiro atoms. The van der Waals surface area contributed by atoms with Crippen molar-refractivity contribution in [2.75, 3.05) is 0 Å². The molecule has 3 aliphatic rings. The summed E-state index contributed by atoms with van der Waals surface area (Å²) < 4.78 is 25.5. The molecule has 1 aromatic carbocycles. The molecule has 1 saturated carbocycles. The second-order valence-corrected chi connectivity index (χ2v) is 11.8. The average molecular weight is 417 g/mol. The number of rotatable bonds is 3. The molecule has 2 bridgehead atoms. The highest BCUT2D eigenvalue weighted by Gasteiger charge is 2.52. The molecule has 0 aliphatic heterocycles. The third-order valence-electron chi connectivity index (χ3n) is 6.76. The van der Waals surface area contributed by atoms with Gasteiger partial charge in [-0.25, -0.2) is 0 Å². The number of sulfonamides is 1. The summed E-state index contributed by atoms with van der Waals surface area (Å²) in [7, 11) is -3.74. The molecule has 4 atom stereocenters. The Morgan fingerprint density at radius 3 is 2.48 bits per heavy atom. The predicted molar refractivity (Wildman–Crippen MR) is 115 cm³/mol. The zero-order valence-corrected chi connectivity index (χ0v) is 18.6.